The number of carboxylic acid groups (broad SMARTS) is 1. The molecule has 0 amide bonds. The zero-order chi connectivity index (χ0) is 15.6. The van der Waals surface area contributed by atoms with Crippen LogP contribution in [0.25, 0.3) is 11.5 Å². The number of aromatic nitrogens is 2. The van der Waals surface area contributed by atoms with Gasteiger partial charge in [0.25, 0.3) is 5.89 Å². The molecule has 0 aliphatic carbocycles. The van der Waals surface area contributed by atoms with E-state index in [2.05, 4.69) is 10.1 Å². The molecule has 0 fully saturated rings. The van der Waals surface area contributed by atoms with Crippen LogP contribution in [0, 0.1) is 0 Å². The summed E-state index contributed by atoms with van der Waals surface area (Å²) in [6, 6.07) is 7.15. The molecule has 112 valence electrons. The smallest absolute Gasteiger partial charge is 0.323 e. The van der Waals surface area contributed by atoms with E-state index in [1.165, 1.54) is 0 Å². The van der Waals surface area contributed by atoms with Crippen molar-refractivity contribution in [3.05, 3.63) is 35.1 Å². The van der Waals surface area contributed by atoms with Crippen LogP contribution in [0.4, 0.5) is 0 Å². The summed E-state index contributed by atoms with van der Waals surface area (Å²) in [5.74, 6) is -0.196. The molecule has 0 saturated heterocycles. The average molecular weight is 310 g/mol. The molecule has 6 nitrogen and oxygen atoms in total. The number of carbonyl (C=O) groups is 1. The standard InChI is InChI=1S/C14H16ClN3O3/c1-14(2,13(19)20)18(3)8-11-16-12(21-17-11)9-6-4-5-7-10(9)15/h4-7H,8H2,1-3H3,(H,19,20). The lowest BCUT2D eigenvalue weighted by Crippen LogP contribution is -2.47. The van der Waals surface area contributed by atoms with Gasteiger partial charge in [-0.15, -0.1) is 0 Å². The largest absolute Gasteiger partial charge is 0.480 e. The van der Waals surface area contributed by atoms with E-state index < -0.39 is 11.5 Å². The van der Waals surface area contributed by atoms with Crippen LogP contribution in [0.1, 0.15) is 19.7 Å². The molecule has 2 aromatic rings. The number of rotatable bonds is 5. The summed E-state index contributed by atoms with van der Waals surface area (Å²) >= 11 is 6.07. The van der Waals surface area contributed by atoms with Crippen molar-refractivity contribution in [2.45, 2.75) is 25.9 Å². The van der Waals surface area contributed by atoms with Crippen LogP contribution in [-0.4, -0.2) is 38.7 Å². The Kier molecular flexibility index (Phi) is 4.29. The first-order valence-electron chi connectivity index (χ1n) is 6.34. The summed E-state index contributed by atoms with van der Waals surface area (Å²) in [4.78, 5) is 17.1. The van der Waals surface area contributed by atoms with Crippen LogP contribution >= 0.6 is 11.6 Å². The van der Waals surface area contributed by atoms with Crippen molar-refractivity contribution in [3.8, 4) is 11.5 Å². The van der Waals surface area contributed by atoms with Crippen molar-refractivity contribution < 1.29 is 14.4 Å². The van der Waals surface area contributed by atoms with Gasteiger partial charge in [-0.05, 0) is 33.0 Å². The molecule has 7 heteroatoms. The van der Waals surface area contributed by atoms with E-state index in [-0.39, 0.29) is 6.54 Å². The second-order valence-corrected chi connectivity index (χ2v) is 5.62. The van der Waals surface area contributed by atoms with Gasteiger partial charge >= 0.3 is 5.97 Å². The highest BCUT2D eigenvalue weighted by Crippen LogP contribution is 2.26. The highest BCUT2D eigenvalue weighted by atomic mass is 35.5. The maximum atomic E-state index is 11.2. The molecule has 0 aliphatic heterocycles. The highest BCUT2D eigenvalue weighted by Gasteiger charge is 2.32. The molecule has 1 aromatic heterocycles. The normalized spacial score (nSPS) is 11.9. The van der Waals surface area contributed by atoms with Crippen LogP contribution < -0.4 is 0 Å². The van der Waals surface area contributed by atoms with Gasteiger partial charge in [-0.3, -0.25) is 9.69 Å². The number of aliphatic carboxylic acids is 1. The average Bonchev–Trinajstić information content (AvgIpc) is 2.87. The van der Waals surface area contributed by atoms with Gasteiger partial charge in [0.05, 0.1) is 17.1 Å². The van der Waals surface area contributed by atoms with Crippen LogP contribution in [-0.2, 0) is 11.3 Å². The number of halogens is 1. The van der Waals surface area contributed by atoms with Crippen molar-refractivity contribution in [2.24, 2.45) is 0 Å². The number of nitrogens with zero attached hydrogens (tertiary/aromatic N) is 3. The summed E-state index contributed by atoms with van der Waals surface area (Å²) in [6.07, 6.45) is 0. The Morgan fingerprint density at radius 2 is 2.10 bits per heavy atom. The molecule has 0 aliphatic rings. The summed E-state index contributed by atoms with van der Waals surface area (Å²) in [7, 11) is 1.69. The van der Waals surface area contributed by atoms with Gasteiger partial charge < -0.3 is 9.63 Å². The van der Waals surface area contributed by atoms with Crippen LogP contribution in [0.3, 0.4) is 0 Å². The first kappa shape index (κ1) is 15.5. The fraction of sp³-hybridized carbons (Fsp3) is 0.357. The molecule has 1 heterocycles. The first-order chi connectivity index (χ1) is 9.82. The monoisotopic (exact) mass is 309 g/mol. The Hall–Kier alpha value is -1.92. The zero-order valence-electron chi connectivity index (χ0n) is 12.0. The van der Waals surface area contributed by atoms with E-state index >= 15 is 0 Å². The predicted molar refractivity (Wildman–Crippen MR) is 77.9 cm³/mol. The SMILES string of the molecule is CN(Cc1noc(-c2ccccc2Cl)n1)C(C)(C)C(=O)O. The van der Waals surface area contributed by atoms with Crippen LogP contribution in [0.5, 0.6) is 0 Å². The number of carboxylic acids is 1. The van der Waals surface area contributed by atoms with E-state index in [1.54, 1.807) is 37.9 Å². The minimum Gasteiger partial charge on any atom is -0.480 e. The highest BCUT2D eigenvalue weighted by molar-refractivity contribution is 6.33. The Balaban J connectivity index is 2.18. The molecule has 1 N–H and O–H groups in total. The Labute approximate surface area is 127 Å². The fourth-order valence-electron chi connectivity index (χ4n) is 1.64. The zero-order valence-corrected chi connectivity index (χ0v) is 12.8. The van der Waals surface area contributed by atoms with E-state index in [0.29, 0.717) is 22.3 Å². The van der Waals surface area contributed by atoms with Crippen molar-refractivity contribution in [3.63, 3.8) is 0 Å². The Morgan fingerprint density at radius 3 is 2.71 bits per heavy atom. The lowest BCUT2D eigenvalue weighted by molar-refractivity contribution is -0.148. The summed E-state index contributed by atoms with van der Waals surface area (Å²) < 4.78 is 5.19. The lowest BCUT2D eigenvalue weighted by atomic mass is 10.0. The molecular formula is C14H16ClN3O3. The molecule has 0 radical (unpaired) electrons. The lowest BCUT2D eigenvalue weighted by Gasteiger charge is -2.30. The molecule has 1 aromatic carbocycles. The van der Waals surface area contributed by atoms with Gasteiger partial charge in [-0.25, -0.2) is 0 Å². The van der Waals surface area contributed by atoms with Crippen LogP contribution in [0.2, 0.25) is 5.02 Å². The van der Waals surface area contributed by atoms with Gasteiger partial charge in [-0.1, -0.05) is 28.9 Å². The number of hydrogen-bond donors (Lipinski definition) is 1. The molecule has 0 bridgehead atoms. The summed E-state index contributed by atoms with van der Waals surface area (Å²) in [5, 5.41) is 13.6. The number of likely N-dealkylation sites (N-methyl/N-ethyl adjacent to an activating group) is 1. The topological polar surface area (TPSA) is 79.5 Å². The van der Waals surface area contributed by atoms with Crippen molar-refractivity contribution >= 4 is 17.6 Å². The minimum absolute atomic E-state index is 0.257. The number of benzene rings is 1. The van der Waals surface area contributed by atoms with Gasteiger partial charge in [0.1, 0.15) is 5.54 Å². The molecule has 21 heavy (non-hydrogen) atoms. The second-order valence-electron chi connectivity index (χ2n) is 5.22. The first-order valence-corrected chi connectivity index (χ1v) is 6.72. The van der Waals surface area contributed by atoms with E-state index in [4.69, 9.17) is 16.1 Å². The molecule has 0 atom stereocenters. The second kappa shape index (κ2) is 5.83. The van der Waals surface area contributed by atoms with Crippen molar-refractivity contribution in [1.82, 2.24) is 15.0 Å². The van der Waals surface area contributed by atoms with Gasteiger partial charge in [0.15, 0.2) is 5.82 Å². The molecule has 0 spiro atoms. The molecule has 2 rings (SSSR count). The van der Waals surface area contributed by atoms with Gasteiger partial charge in [0, 0.05) is 0 Å². The minimum atomic E-state index is -1.02. The molecule has 0 saturated carbocycles. The van der Waals surface area contributed by atoms with Crippen molar-refractivity contribution in [1.29, 1.82) is 0 Å². The third kappa shape index (κ3) is 3.22. The third-order valence-electron chi connectivity index (χ3n) is 3.43. The van der Waals surface area contributed by atoms with Crippen molar-refractivity contribution in [2.75, 3.05) is 7.05 Å². The van der Waals surface area contributed by atoms with E-state index in [1.807, 2.05) is 12.1 Å². The third-order valence-corrected chi connectivity index (χ3v) is 3.76. The fourth-order valence-corrected chi connectivity index (χ4v) is 1.85. The maximum Gasteiger partial charge on any atom is 0.323 e. The van der Waals surface area contributed by atoms with E-state index in [0.717, 1.165) is 0 Å². The summed E-state index contributed by atoms with van der Waals surface area (Å²) in [5.41, 5.74) is -0.372. The summed E-state index contributed by atoms with van der Waals surface area (Å²) in [6.45, 7) is 3.49. The quantitative estimate of drug-likeness (QED) is 0.914. The maximum absolute atomic E-state index is 11.2. The Bertz CT molecular complexity index is 654. The number of hydrogen-bond acceptors (Lipinski definition) is 5. The van der Waals surface area contributed by atoms with Crippen LogP contribution in [0.15, 0.2) is 28.8 Å². The van der Waals surface area contributed by atoms with Gasteiger partial charge in [-0.2, -0.15) is 4.98 Å². The molecular weight excluding hydrogens is 294 g/mol. The van der Waals surface area contributed by atoms with E-state index in [9.17, 15) is 9.90 Å². The van der Waals surface area contributed by atoms with Gasteiger partial charge in [0.2, 0.25) is 0 Å². The molecule has 0 unspecified atom stereocenters. The predicted octanol–water partition coefficient (Wildman–Crippen LogP) is 2.68. The Morgan fingerprint density at radius 1 is 1.43 bits per heavy atom.